The molecule has 0 radical (unpaired) electrons. The molecule has 2 aliphatic rings. The lowest BCUT2D eigenvalue weighted by molar-refractivity contribution is -0.300. The first-order valence-electron chi connectivity index (χ1n) is 7.07. The third-order valence-electron chi connectivity index (χ3n) is 3.94. The Hall–Kier alpha value is -0.440. The van der Waals surface area contributed by atoms with Gasteiger partial charge >= 0.3 is 0 Å². The number of hydrogen-bond acceptors (Lipinski definition) is 11. The lowest BCUT2D eigenvalue weighted by atomic mass is 9.99. The fourth-order valence-corrected chi connectivity index (χ4v) is 2.44. The van der Waals surface area contributed by atoms with Gasteiger partial charge in [-0.05, 0) is 0 Å². The molecule has 2 aliphatic heterocycles. The summed E-state index contributed by atoms with van der Waals surface area (Å²) >= 11 is 0. The smallest absolute Gasteiger partial charge is 0.184 e. The van der Waals surface area contributed by atoms with Gasteiger partial charge in [-0.1, -0.05) is 0 Å². The minimum atomic E-state index is -1.70. The molecule has 136 valence electrons. The quantitative estimate of drug-likeness (QED) is 0.243. The van der Waals surface area contributed by atoms with Crippen molar-refractivity contribution in [3.8, 4) is 0 Å². The standard InChI is InChI=1S/C12H22O11/c13-5-3(22-11(19)9(17)7(5)15)1-21-2-4-6(14)8(16)10(18)12(20)23-4/h3-20H,1-2H2/t3-,4-,5-,6-,7+,8+,9-,10-,11?,12?/m1/s1. The Balaban J connectivity index is 1.82. The Morgan fingerprint density at radius 2 is 0.870 bits per heavy atom. The molecule has 2 rings (SSSR count). The van der Waals surface area contributed by atoms with Crippen LogP contribution in [0.5, 0.6) is 0 Å². The van der Waals surface area contributed by atoms with E-state index in [1.807, 2.05) is 0 Å². The van der Waals surface area contributed by atoms with Gasteiger partial charge in [0.1, 0.15) is 48.8 Å². The predicted octanol–water partition coefficient (Wildman–Crippen LogP) is -5.40. The van der Waals surface area contributed by atoms with Crippen LogP contribution in [-0.4, -0.2) is 115 Å². The Morgan fingerprint density at radius 3 is 1.22 bits per heavy atom. The first-order chi connectivity index (χ1) is 10.7. The molecule has 0 aromatic heterocycles. The fraction of sp³-hybridized carbons (Fsp3) is 1.00. The van der Waals surface area contributed by atoms with Crippen molar-refractivity contribution < 1.29 is 55.1 Å². The van der Waals surface area contributed by atoms with Crippen LogP contribution in [-0.2, 0) is 14.2 Å². The van der Waals surface area contributed by atoms with Crippen LogP contribution < -0.4 is 0 Å². The van der Waals surface area contributed by atoms with Gasteiger partial charge in [0, 0.05) is 0 Å². The van der Waals surface area contributed by atoms with Crippen molar-refractivity contribution in [2.75, 3.05) is 13.2 Å². The van der Waals surface area contributed by atoms with Crippen LogP contribution in [0.25, 0.3) is 0 Å². The Morgan fingerprint density at radius 1 is 0.522 bits per heavy atom. The van der Waals surface area contributed by atoms with E-state index in [9.17, 15) is 40.9 Å². The van der Waals surface area contributed by atoms with Gasteiger partial charge in [0.15, 0.2) is 12.6 Å². The molecule has 11 nitrogen and oxygen atoms in total. The Labute approximate surface area is 130 Å². The van der Waals surface area contributed by atoms with Gasteiger partial charge < -0.3 is 55.1 Å². The number of aliphatic hydroxyl groups excluding tert-OH is 8. The molecule has 0 amide bonds. The van der Waals surface area contributed by atoms with Crippen LogP contribution in [0.1, 0.15) is 0 Å². The number of hydrogen-bond donors (Lipinski definition) is 8. The normalized spacial score (nSPS) is 51.7. The van der Waals surface area contributed by atoms with Gasteiger partial charge in [-0.25, -0.2) is 0 Å². The minimum absolute atomic E-state index is 0.330. The van der Waals surface area contributed by atoms with E-state index < -0.39 is 61.4 Å². The highest BCUT2D eigenvalue weighted by Crippen LogP contribution is 2.22. The van der Waals surface area contributed by atoms with Gasteiger partial charge in [-0.3, -0.25) is 0 Å². The Bertz CT molecular complexity index is 348. The summed E-state index contributed by atoms with van der Waals surface area (Å²) in [5, 5.41) is 75.9. The highest BCUT2D eigenvalue weighted by molar-refractivity contribution is 4.90. The molecule has 0 bridgehead atoms. The number of ether oxygens (including phenoxy) is 3. The molecule has 2 fully saturated rings. The molecule has 2 saturated heterocycles. The number of rotatable bonds is 4. The third kappa shape index (κ3) is 3.97. The average molecular weight is 342 g/mol. The van der Waals surface area contributed by atoms with Crippen molar-refractivity contribution in [3.63, 3.8) is 0 Å². The lowest BCUT2D eigenvalue weighted by Crippen LogP contribution is -2.60. The monoisotopic (exact) mass is 342 g/mol. The van der Waals surface area contributed by atoms with Crippen LogP contribution in [0.2, 0.25) is 0 Å². The zero-order valence-electron chi connectivity index (χ0n) is 12.0. The van der Waals surface area contributed by atoms with E-state index in [2.05, 4.69) is 0 Å². The topological polar surface area (TPSA) is 190 Å². The van der Waals surface area contributed by atoms with Crippen LogP contribution in [0.3, 0.4) is 0 Å². The van der Waals surface area contributed by atoms with Crippen molar-refractivity contribution in [1.82, 2.24) is 0 Å². The predicted molar refractivity (Wildman–Crippen MR) is 68.6 cm³/mol. The van der Waals surface area contributed by atoms with Gasteiger partial charge in [0.25, 0.3) is 0 Å². The van der Waals surface area contributed by atoms with Crippen molar-refractivity contribution in [3.05, 3.63) is 0 Å². The van der Waals surface area contributed by atoms with Crippen molar-refractivity contribution in [2.45, 2.75) is 61.4 Å². The molecule has 0 aromatic carbocycles. The molecule has 0 aliphatic carbocycles. The summed E-state index contributed by atoms with van der Waals surface area (Å²) in [5.41, 5.74) is 0. The zero-order chi connectivity index (χ0) is 17.3. The molecule has 0 aromatic rings. The summed E-state index contributed by atoms with van der Waals surface area (Å²) in [6.45, 7) is -0.660. The summed E-state index contributed by atoms with van der Waals surface area (Å²) < 4.78 is 14.9. The van der Waals surface area contributed by atoms with Crippen molar-refractivity contribution in [1.29, 1.82) is 0 Å². The second-order valence-corrected chi connectivity index (χ2v) is 5.61. The largest absolute Gasteiger partial charge is 0.387 e. The van der Waals surface area contributed by atoms with Gasteiger partial charge in [-0.15, -0.1) is 0 Å². The van der Waals surface area contributed by atoms with Gasteiger partial charge in [-0.2, -0.15) is 0 Å². The highest BCUT2D eigenvalue weighted by Gasteiger charge is 2.45. The molecule has 23 heavy (non-hydrogen) atoms. The first-order valence-corrected chi connectivity index (χ1v) is 7.07. The molecular formula is C12H22O11. The molecule has 8 N–H and O–H groups in total. The van der Waals surface area contributed by atoms with Gasteiger partial charge in [0.2, 0.25) is 0 Å². The maximum absolute atomic E-state index is 9.71. The summed E-state index contributed by atoms with van der Waals surface area (Å²) in [4.78, 5) is 0. The molecule has 2 unspecified atom stereocenters. The van der Waals surface area contributed by atoms with E-state index in [0.29, 0.717) is 0 Å². The molecule has 11 heteroatoms. The lowest BCUT2D eigenvalue weighted by Gasteiger charge is -2.39. The van der Waals surface area contributed by atoms with Gasteiger partial charge in [0.05, 0.1) is 13.2 Å². The molecule has 0 saturated carbocycles. The molecule has 0 spiro atoms. The van der Waals surface area contributed by atoms with E-state index in [0.717, 1.165) is 0 Å². The number of aliphatic hydroxyl groups is 8. The maximum Gasteiger partial charge on any atom is 0.184 e. The molecular weight excluding hydrogens is 320 g/mol. The first kappa shape index (κ1) is 18.9. The minimum Gasteiger partial charge on any atom is -0.387 e. The van der Waals surface area contributed by atoms with E-state index in [1.54, 1.807) is 0 Å². The Kier molecular flexibility index (Phi) is 6.27. The summed E-state index contributed by atoms with van der Waals surface area (Å²) in [6.07, 6.45) is -15.3. The zero-order valence-corrected chi connectivity index (χ0v) is 12.0. The van der Waals surface area contributed by atoms with E-state index >= 15 is 0 Å². The van der Waals surface area contributed by atoms with E-state index in [1.165, 1.54) is 0 Å². The molecule has 2 heterocycles. The van der Waals surface area contributed by atoms with Crippen LogP contribution in [0.4, 0.5) is 0 Å². The summed E-state index contributed by atoms with van der Waals surface area (Å²) in [7, 11) is 0. The fourth-order valence-electron chi connectivity index (χ4n) is 2.44. The third-order valence-corrected chi connectivity index (χ3v) is 3.94. The summed E-state index contributed by atoms with van der Waals surface area (Å²) in [5.74, 6) is 0. The van der Waals surface area contributed by atoms with E-state index in [4.69, 9.17) is 14.2 Å². The second-order valence-electron chi connectivity index (χ2n) is 5.61. The van der Waals surface area contributed by atoms with Crippen molar-refractivity contribution >= 4 is 0 Å². The SMILES string of the molecule is OC1O[C@H](COC[C@H]2OC(O)[C@H](O)[C@@H](O)[C@@H]2O)[C@@H](O)[C@H](O)[C@H]1O. The molecule has 10 atom stereocenters. The van der Waals surface area contributed by atoms with Crippen LogP contribution in [0, 0.1) is 0 Å². The highest BCUT2D eigenvalue weighted by atomic mass is 16.7. The maximum atomic E-state index is 9.71. The second kappa shape index (κ2) is 7.63. The van der Waals surface area contributed by atoms with Crippen LogP contribution in [0.15, 0.2) is 0 Å². The van der Waals surface area contributed by atoms with Crippen molar-refractivity contribution in [2.24, 2.45) is 0 Å². The van der Waals surface area contributed by atoms with E-state index in [-0.39, 0.29) is 13.2 Å². The summed E-state index contributed by atoms with van der Waals surface area (Å²) in [6, 6.07) is 0. The average Bonchev–Trinajstić information content (AvgIpc) is 2.52. The van der Waals surface area contributed by atoms with Crippen LogP contribution >= 0.6 is 0 Å².